The van der Waals surface area contributed by atoms with E-state index >= 15 is 0 Å². The molecule has 0 amide bonds. The number of carbonyl (C=O) groups is 1. The van der Waals surface area contributed by atoms with Crippen LogP contribution in [0.25, 0.3) is 0 Å². The molecule has 2 nitrogen and oxygen atoms in total. The lowest BCUT2D eigenvalue weighted by molar-refractivity contribution is -0.155. The lowest BCUT2D eigenvalue weighted by Gasteiger charge is -2.55. The zero-order valence-corrected chi connectivity index (χ0v) is 12.0. The number of carboxylic acids is 1. The van der Waals surface area contributed by atoms with Crippen molar-refractivity contribution in [1.29, 1.82) is 0 Å². The highest BCUT2D eigenvalue weighted by Crippen LogP contribution is 2.60. The zero-order chi connectivity index (χ0) is 13.9. The van der Waals surface area contributed by atoms with E-state index in [1.54, 1.807) is 0 Å². The summed E-state index contributed by atoms with van der Waals surface area (Å²) in [7, 11) is 0. The van der Waals surface area contributed by atoms with E-state index in [1.165, 1.54) is 0 Å². The monoisotopic (exact) mass is 260 g/mol. The average Bonchev–Trinajstić information content (AvgIpc) is 2.36. The summed E-state index contributed by atoms with van der Waals surface area (Å²) in [4.78, 5) is 11.8. The van der Waals surface area contributed by atoms with Crippen LogP contribution in [0, 0.1) is 5.41 Å². The van der Waals surface area contributed by atoms with Crippen LogP contribution in [0.1, 0.15) is 57.9 Å². The van der Waals surface area contributed by atoms with Crippen LogP contribution < -0.4 is 0 Å². The normalized spacial score (nSPS) is 19.7. The molecule has 0 aromatic heterocycles. The second kappa shape index (κ2) is 5.36. The Kier molecular flexibility index (Phi) is 3.98. The highest BCUT2D eigenvalue weighted by molar-refractivity contribution is 5.83. The molecule has 0 aliphatic heterocycles. The topological polar surface area (TPSA) is 37.3 Å². The molecular formula is C17H24O2. The molecule has 0 spiro atoms. The molecule has 0 saturated heterocycles. The van der Waals surface area contributed by atoms with Crippen molar-refractivity contribution in [3.8, 4) is 0 Å². The van der Waals surface area contributed by atoms with Gasteiger partial charge in [0.2, 0.25) is 0 Å². The van der Waals surface area contributed by atoms with Gasteiger partial charge in [-0.25, -0.2) is 0 Å². The third kappa shape index (κ3) is 2.41. The van der Waals surface area contributed by atoms with Crippen molar-refractivity contribution >= 4 is 5.97 Å². The van der Waals surface area contributed by atoms with Gasteiger partial charge in [0.25, 0.3) is 0 Å². The smallest absolute Gasteiger partial charge is 0.314 e. The van der Waals surface area contributed by atoms with Crippen molar-refractivity contribution in [2.75, 3.05) is 0 Å². The molecule has 19 heavy (non-hydrogen) atoms. The molecule has 0 bridgehead atoms. The number of hydrogen-bond donors (Lipinski definition) is 1. The number of benzene rings is 1. The second-order valence-corrected chi connectivity index (χ2v) is 6.11. The van der Waals surface area contributed by atoms with Crippen LogP contribution in [0.15, 0.2) is 30.3 Å². The predicted octanol–water partition coefficient (Wildman–Crippen LogP) is 4.39. The zero-order valence-electron chi connectivity index (χ0n) is 12.0. The third-order valence-electron chi connectivity index (χ3n) is 4.65. The molecule has 0 radical (unpaired) electrons. The molecule has 104 valence electrons. The Hall–Kier alpha value is -1.31. The minimum atomic E-state index is -0.651. The highest BCUT2D eigenvalue weighted by atomic mass is 16.4. The third-order valence-corrected chi connectivity index (χ3v) is 4.65. The maximum absolute atomic E-state index is 11.8. The molecule has 1 aromatic carbocycles. The molecule has 0 heterocycles. The first-order valence-electron chi connectivity index (χ1n) is 7.37. The molecule has 1 aliphatic rings. The number of carboxylic acid groups (broad SMARTS) is 1. The van der Waals surface area contributed by atoms with Gasteiger partial charge in [-0.3, -0.25) is 4.79 Å². The quantitative estimate of drug-likeness (QED) is 0.823. The molecule has 1 aromatic rings. The summed E-state index contributed by atoms with van der Waals surface area (Å²) in [6.07, 6.45) is 6.21. The Morgan fingerprint density at radius 3 is 2.05 bits per heavy atom. The SMILES string of the molecule is CCCC1(CCC)CC(C(=O)O)(c2ccccc2)C1. The number of rotatable bonds is 6. The number of hydrogen-bond acceptors (Lipinski definition) is 1. The van der Waals surface area contributed by atoms with Gasteiger partial charge in [0.15, 0.2) is 0 Å². The highest BCUT2D eigenvalue weighted by Gasteiger charge is 2.58. The molecule has 1 aliphatic carbocycles. The van der Waals surface area contributed by atoms with E-state index in [1.807, 2.05) is 30.3 Å². The minimum absolute atomic E-state index is 0.262. The van der Waals surface area contributed by atoms with E-state index in [2.05, 4.69) is 13.8 Å². The van der Waals surface area contributed by atoms with Gasteiger partial charge in [-0.1, -0.05) is 57.0 Å². The van der Waals surface area contributed by atoms with Crippen LogP contribution in [0.5, 0.6) is 0 Å². The van der Waals surface area contributed by atoms with Crippen molar-refractivity contribution in [2.24, 2.45) is 5.41 Å². The van der Waals surface area contributed by atoms with Gasteiger partial charge in [-0.2, -0.15) is 0 Å². The summed E-state index contributed by atoms with van der Waals surface area (Å²) >= 11 is 0. The molecule has 0 unspecified atom stereocenters. The van der Waals surface area contributed by atoms with Crippen molar-refractivity contribution < 1.29 is 9.90 Å². The molecule has 0 atom stereocenters. The lowest BCUT2D eigenvalue weighted by atomic mass is 9.48. The van der Waals surface area contributed by atoms with Crippen LogP contribution in [0.3, 0.4) is 0 Å². The maximum Gasteiger partial charge on any atom is 0.314 e. The number of aliphatic carboxylic acids is 1. The van der Waals surface area contributed by atoms with Crippen LogP contribution in [-0.2, 0) is 10.2 Å². The van der Waals surface area contributed by atoms with Crippen molar-refractivity contribution in [3.63, 3.8) is 0 Å². The van der Waals surface area contributed by atoms with Crippen LogP contribution in [0.4, 0.5) is 0 Å². The maximum atomic E-state index is 11.8. The van der Waals surface area contributed by atoms with Crippen molar-refractivity contribution in [1.82, 2.24) is 0 Å². The molecule has 2 rings (SSSR count). The van der Waals surface area contributed by atoms with E-state index < -0.39 is 11.4 Å². The summed E-state index contributed by atoms with van der Waals surface area (Å²) in [5, 5.41) is 9.71. The van der Waals surface area contributed by atoms with Gasteiger partial charge < -0.3 is 5.11 Å². The summed E-state index contributed by atoms with van der Waals surface area (Å²) in [5.74, 6) is -0.651. The average molecular weight is 260 g/mol. The second-order valence-electron chi connectivity index (χ2n) is 6.11. The van der Waals surface area contributed by atoms with E-state index in [0.717, 1.165) is 44.1 Å². The molecule has 1 fully saturated rings. The predicted molar refractivity (Wildman–Crippen MR) is 77.2 cm³/mol. The van der Waals surface area contributed by atoms with Gasteiger partial charge in [-0.15, -0.1) is 0 Å². The van der Waals surface area contributed by atoms with E-state index in [0.29, 0.717) is 0 Å². The van der Waals surface area contributed by atoms with Crippen LogP contribution in [-0.4, -0.2) is 11.1 Å². The van der Waals surface area contributed by atoms with Crippen molar-refractivity contribution in [3.05, 3.63) is 35.9 Å². The molecule has 2 heteroatoms. The Bertz CT molecular complexity index is 422. The van der Waals surface area contributed by atoms with E-state index in [9.17, 15) is 9.90 Å². The summed E-state index contributed by atoms with van der Waals surface area (Å²) < 4.78 is 0. The largest absolute Gasteiger partial charge is 0.481 e. The first-order valence-corrected chi connectivity index (χ1v) is 7.37. The molecular weight excluding hydrogens is 236 g/mol. The van der Waals surface area contributed by atoms with Gasteiger partial charge in [0.1, 0.15) is 0 Å². The summed E-state index contributed by atoms with van der Waals surface area (Å²) in [5.41, 5.74) is 0.605. The Labute approximate surface area is 115 Å². The Morgan fingerprint density at radius 2 is 1.63 bits per heavy atom. The van der Waals surface area contributed by atoms with Gasteiger partial charge >= 0.3 is 5.97 Å². The van der Waals surface area contributed by atoms with Crippen LogP contribution >= 0.6 is 0 Å². The van der Waals surface area contributed by atoms with Crippen LogP contribution in [0.2, 0.25) is 0 Å². The van der Waals surface area contributed by atoms with Gasteiger partial charge in [-0.05, 0) is 36.7 Å². The van der Waals surface area contributed by atoms with Gasteiger partial charge in [0.05, 0.1) is 5.41 Å². The molecule has 1 saturated carbocycles. The van der Waals surface area contributed by atoms with E-state index in [4.69, 9.17) is 0 Å². The lowest BCUT2D eigenvalue weighted by Crippen LogP contribution is -2.54. The first-order chi connectivity index (χ1) is 9.08. The first kappa shape index (κ1) is 14.1. The van der Waals surface area contributed by atoms with E-state index in [-0.39, 0.29) is 5.41 Å². The van der Waals surface area contributed by atoms with Gasteiger partial charge in [0, 0.05) is 0 Å². The fourth-order valence-electron chi connectivity index (χ4n) is 4.00. The fraction of sp³-hybridized carbons (Fsp3) is 0.588. The standard InChI is InChI=1S/C17H24O2/c1-3-10-16(11-4-2)12-17(13-16,15(18)19)14-8-6-5-7-9-14/h5-9H,3-4,10-13H2,1-2H3,(H,18,19). The minimum Gasteiger partial charge on any atom is -0.481 e. The van der Waals surface area contributed by atoms with Crippen molar-refractivity contribution in [2.45, 2.75) is 57.8 Å². The fourth-order valence-corrected chi connectivity index (χ4v) is 4.00. The molecule has 1 N–H and O–H groups in total. The summed E-state index contributed by atoms with van der Waals surface area (Å²) in [6, 6.07) is 9.77. The Balaban J connectivity index is 2.25. The Morgan fingerprint density at radius 1 is 1.11 bits per heavy atom. The summed E-state index contributed by atoms with van der Waals surface area (Å²) in [6.45, 7) is 4.39.